The molecule has 0 fully saturated rings. The molecule has 0 aromatic carbocycles. The molecule has 0 aliphatic carbocycles. The molecule has 0 spiro atoms. The van der Waals surface area contributed by atoms with Gasteiger partial charge in [-0.1, -0.05) is 5.16 Å². The Balaban J connectivity index is 1.63. The Morgan fingerprint density at radius 1 is 1.30 bits per heavy atom. The number of carbonyl (C=O) groups is 1. The summed E-state index contributed by atoms with van der Waals surface area (Å²) in [6.45, 7) is 1.74. The number of hydrogen-bond acceptors (Lipinski definition) is 7. The van der Waals surface area contributed by atoms with Crippen molar-refractivity contribution in [3.05, 3.63) is 74.8 Å². The second-order valence-electron chi connectivity index (χ2n) is 5.94. The highest BCUT2D eigenvalue weighted by atomic mass is 32.1. The zero-order valence-electron chi connectivity index (χ0n) is 14.5. The first-order valence-electron chi connectivity index (χ1n) is 8.30. The molecule has 4 aromatic rings. The van der Waals surface area contributed by atoms with Crippen LogP contribution >= 0.6 is 22.7 Å². The summed E-state index contributed by atoms with van der Waals surface area (Å²) in [4.78, 5) is 21.6. The lowest BCUT2D eigenvalue weighted by atomic mass is 10.1. The van der Waals surface area contributed by atoms with E-state index in [-0.39, 0.29) is 11.9 Å². The van der Waals surface area contributed by atoms with Gasteiger partial charge in [0.1, 0.15) is 22.0 Å². The maximum atomic E-state index is 13.1. The predicted octanol–water partition coefficient (Wildman–Crippen LogP) is 4.28. The maximum Gasteiger partial charge on any atom is 0.257 e. The van der Waals surface area contributed by atoms with Crippen LogP contribution in [-0.4, -0.2) is 21.0 Å². The molecule has 0 aliphatic rings. The molecule has 0 aliphatic heterocycles. The largest absolute Gasteiger partial charge is 0.360 e. The lowest BCUT2D eigenvalue weighted by Gasteiger charge is -2.16. The van der Waals surface area contributed by atoms with Crippen LogP contribution < -0.4 is 5.32 Å². The molecule has 4 rings (SSSR count). The van der Waals surface area contributed by atoms with E-state index in [0.29, 0.717) is 23.4 Å². The summed E-state index contributed by atoms with van der Waals surface area (Å²) in [5, 5.41) is 14.1. The molecule has 136 valence electrons. The van der Waals surface area contributed by atoms with Crippen LogP contribution in [-0.2, 0) is 6.42 Å². The molecule has 8 heteroatoms. The van der Waals surface area contributed by atoms with Crippen LogP contribution in [0.2, 0.25) is 0 Å². The second kappa shape index (κ2) is 7.81. The Labute approximate surface area is 163 Å². The van der Waals surface area contributed by atoms with Crippen molar-refractivity contribution in [2.45, 2.75) is 19.4 Å². The summed E-state index contributed by atoms with van der Waals surface area (Å²) in [6.07, 6.45) is 5.76. The number of rotatable bonds is 6. The maximum absolute atomic E-state index is 13.1. The Bertz CT molecular complexity index is 1010. The third-order valence-electron chi connectivity index (χ3n) is 4.10. The number of pyridine rings is 1. The minimum Gasteiger partial charge on any atom is -0.360 e. The summed E-state index contributed by atoms with van der Waals surface area (Å²) < 4.78 is 5.30. The fraction of sp³-hybridized carbons (Fsp3) is 0.158. The Morgan fingerprint density at radius 2 is 2.22 bits per heavy atom. The topological polar surface area (TPSA) is 80.9 Å². The quantitative estimate of drug-likeness (QED) is 0.526. The van der Waals surface area contributed by atoms with Crippen LogP contribution in [0.1, 0.15) is 32.7 Å². The number of carbonyl (C=O) groups excluding carboxylic acids is 1. The highest BCUT2D eigenvalue weighted by Gasteiger charge is 2.25. The van der Waals surface area contributed by atoms with Gasteiger partial charge in [-0.25, -0.2) is 4.98 Å². The lowest BCUT2D eigenvalue weighted by Crippen LogP contribution is -2.30. The SMILES string of the molecule is Cc1onc(-c2cccnc2)c1C(=O)NC(Cc1ccsc1)c1nccs1. The number of nitrogens with zero attached hydrogens (tertiary/aromatic N) is 3. The van der Waals surface area contributed by atoms with Gasteiger partial charge in [0.25, 0.3) is 5.91 Å². The Hall–Kier alpha value is -2.84. The van der Waals surface area contributed by atoms with E-state index in [9.17, 15) is 4.79 Å². The molecule has 1 atom stereocenters. The Morgan fingerprint density at radius 3 is 2.93 bits per heavy atom. The van der Waals surface area contributed by atoms with Gasteiger partial charge >= 0.3 is 0 Å². The van der Waals surface area contributed by atoms with Gasteiger partial charge in [-0.15, -0.1) is 11.3 Å². The molecule has 4 heterocycles. The summed E-state index contributed by atoms with van der Waals surface area (Å²) in [7, 11) is 0. The molecule has 0 bridgehead atoms. The van der Waals surface area contributed by atoms with Crippen molar-refractivity contribution in [1.82, 2.24) is 20.4 Å². The van der Waals surface area contributed by atoms with E-state index in [1.54, 1.807) is 42.9 Å². The number of amides is 1. The van der Waals surface area contributed by atoms with E-state index in [1.165, 1.54) is 11.3 Å². The highest BCUT2D eigenvalue weighted by Crippen LogP contribution is 2.27. The van der Waals surface area contributed by atoms with Crippen LogP contribution in [0.4, 0.5) is 0 Å². The minimum atomic E-state index is -0.233. The number of aromatic nitrogens is 3. The fourth-order valence-electron chi connectivity index (χ4n) is 2.82. The molecule has 0 saturated carbocycles. The van der Waals surface area contributed by atoms with Crippen LogP contribution in [0.25, 0.3) is 11.3 Å². The summed E-state index contributed by atoms with van der Waals surface area (Å²) >= 11 is 3.16. The number of nitrogens with one attached hydrogen (secondary N) is 1. The number of thiophene rings is 1. The molecule has 4 aromatic heterocycles. The van der Waals surface area contributed by atoms with Crippen LogP contribution in [0.5, 0.6) is 0 Å². The number of hydrogen-bond donors (Lipinski definition) is 1. The van der Waals surface area contributed by atoms with Crippen molar-refractivity contribution in [2.75, 3.05) is 0 Å². The van der Waals surface area contributed by atoms with Gasteiger partial charge in [-0.2, -0.15) is 11.3 Å². The molecule has 0 saturated heterocycles. The van der Waals surface area contributed by atoms with Crippen LogP contribution in [0.15, 0.2) is 57.5 Å². The first-order chi connectivity index (χ1) is 13.2. The molecule has 0 radical (unpaired) electrons. The van der Waals surface area contributed by atoms with Gasteiger partial charge in [0.15, 0.2) is 0 Å². The van der Waals surface area contributed by atoms with Gasteiger partial charge in [0.05, 0.1) is 6.04 Å². The van der Waals surface area contributed by atoms with Crippen LogP contribution in [0.3, 0.4) is 0 Å². The summed E-state index contributed by atoms with van der Waals surface area (Å²) in [5.41, 5.74) is 2.82. The van der Waals surface area contributed by atoms with E-state index >= 15 is 0 Å². The monoisotopic (exact) mass is 396 g/mol. The van der Waals surface area contributed by atoms with Gasteiger partial charge < -0.3 is 9.84 Å². The Kier molecular flexibility index (Phi) is 5.08. The highest BCUT2D eigenvalue weighted by molar-refractivity contribution is 7.09. The zero-order valence-corrected chi connectivity index (χ0v) is 16.1. The van der Waals surface area contributed by atoms with Crippen molar-refractivity contribution in [2.24, 2.45) is 0 Å². The first-order valence-corrected chi connectivity index (χ1v) is 10.1. The summed E-state index contributed by atoms with van der Waals surface area (Å²) in [5.74, 6) is 0.239. The molecular formula is C19H16N4O2S2. The van der Waals surface area contributed by atoms with E-state index in [4.69, 9.17) is 4.52 Å². The van der Waals surface area contributed by atoms with E-state index in [0.717, 1.165) is 16.1 Å². The molecule has 1 amide bonds. The average Bonchev–Trinajstić information content (AvgIpc) is 3.44. The average molecular weight is 396 g/mol. The van der Waals surface area contributed by atoms with Crippen molar-refractivity contribution in [3.8, 4) is 11.3 Å². The van der Waals surface area contributed by atoms with Gasteiger partial charge in [-0.3, -0.25) is 9.78 Å². The number of thiazole rings is 1. The molecular weight excluding hydrogens is 380 g/mol. The van der Waals surface area contributed by atoms with E-state index in [1.807, 2.05) is 16.8 Å². The standard InChI is InChI=1S/C19H16N4O2S2/c1-12-16(17(23-25-12)14-3-2-5-20-10-14)18(24)22-15(19-21-6-8-27-19)9-13-4-7-26-11-13/h2-8,10-11,15H,9H2,1H3,(H,22,24). The minimum absolute atomic E-state index is 0.219. The van der Waals surface area contributed by atoms with Crippen molar-refractivity contribution < 1.29 is 9.32 Å². The van der Waals surface area contributed by atoms with E-state index < -0.39 is 0 Å². The second-order valence-corrected chi connectivity index (χ2v) is 7.64. The third kappa shape index (κ3) is 3.81. The van der Waals surface area contributed by atoms with Gasteiger partial charge in [0, 0.05) is 36.0 Å². The third-order valence-corrected chi connectivity index (χ3v) is 5.72. The smallest absolute Gasteiger partial charge is 0.257 e. The molecule has 1 unspecified atom stereocenters. The first kappa shape index (κ1) is 17.6. The summed E-state index contributed by atoms with van der Waals surface area (Å²) in [6, 6.07) is 5.49. The normalized spacial score (nSPS) is 12.0. The fourth-order valence-corrected chi connectivity index (χ4v) is 4.19. The molecule has 6 nitrogen and oxygen atoms in total. The molecule has 1 N–H and O–H groups in total. The van der Waals surface area contributed by atoms with Gasteiger partial charge in [0.2, 0.25) is 0 Å². The van der Waals surface area contributed by atoms with E-state index in [2.05, 4.69) is 31.9 Å². The van der Waals surface area contributed by atoms with Crippen molar-refractivity contribution in [1.29, 1.82) is 0 Å². The lowest BCUT2D eigenvalue weighted by molar-refractivity contribution is 0.0935. The number of aryl methyl sites for hydroxylation is 1. The van der Waals surface area contributed by atoms with Crippen molar-refractivity contribution >= 4 is 28.6 Å². The molecule has 27 heavy (non-hydrogen) atoms. The van der Waals surface area contributed by atoms with Crippen molar-refractivity contribution in [3.63, 3.8) is 0 Å². The van der Waals surface area contributed by atoms with Crippen LogP contribution in [0, 0.1) is 6.92 Å². The zero-order chi connectivity index (χ0) is 18.6. The van der Waals surface area contributed by atoms with Gasteiger partial charge in [-0.05, 0) is 41.4 Å². The predicted molar refractivity (Wildman–Crippen MR) is 105 cm³/mol.